The van der Waals surface area contributed by atoms with Crippen LogP contribution in [0.3, 0.4) is 0 Å². The Kier molecular flexibility index (Phi) is 9.49. The van der Waals surface area contributed by atoms with E-state index < -0.39 is 0 Å². The first-order valence-corrected chi connectivity index (χ1v) is 14.9. The second kappa shape index (κ2) is 12.9. The molecule has 0 aliphatic heterocycles. The van der Waals surface area contributed by atoms with Crippen LogP contribution in [0.5, 0.6) is 17.2 Å². The number of aromatic nitrogens is 3. The van der Waals surface area contributed by atoms with Crippen LogP contribution >= 0.6 is 11.8 Å². The SMILES string of the molecule is COc1ccc(-c2nnc(SCC(=O)NN=Cc3cc(C(C)(C)C)c(O)c(C(C)(C)C)c3)n2-c2ccc(OC)cc2)cc1. The van der Waals surface area contributed by atoms with Crippen LogP contribution in [0.1, 0.15) is 58.2 Å². The lowest BCUT2D eigenvalue weighted by Crippen LogP contribution is -2.20. The molecule has 0 aliphatic carbocycles. The summed E-state index contributed by atoms with van der Waals surface area (Å²) in [6, 6.07) is 18.9. The molecule has 226 valence electrons. The Labute approximate surface area is 257 Å². The first-order chi connectivity index (χ1) is 20.3. The average Bonchev–Trinajstić information content (AvgIpc) is 3.39. The van der Waals surface area contributed by atoms with Gasteiger partial charge in [0.25, 0.3) is 5.91 Å². The van der Waals surface area contributed by atoms with Gasteiger partial charge in [0.15, 0.2) is 11.0 Å². The molecule has 3 aromatic carbocycles. The molecule has 43 heavy (non-hydrogen) atoms. The van der Waals surface area contributed by atoms with E-state index in [1.165, 1.54) is 11.8 Å². The Bertz CT molecular complexity index is 1560. The molecule has 9 nitrogen and oxygen atoms in total. The zero-order valence-electron chi connectivity index (χ0n) is 25.9. The van der Waals surface area contributed by atoms with Gasteiger partial charge in [0.1, 0.15) is 17.2 Å². The van der Waals surface area contributed by atoms with Crippen LogP contribution in [0.4, 0.5) is 0 Å². The number of hydrazone groups is 1. The lowest BCUT2D eigenvalue weighted by atomic mass is 9.78. The Morgan fingerprint density at radius 2 is 1.44 bits per heavy atom. The van der Waals surface area contributed by atoms with Crippen LogP contribution in [0.2, 0.25) is 0 Å². The molecule has 1 aromatic heterocycles. The molecule has 4 aromatic rings. The van der Waals surface area contributed by atoms with Crippen molar-refractivity contribution in [1.29, 1.82) is 0 Å². The van der Waals surface area contributed by atoms with E-state index in [9.17, 15) is 9.90 Å². The Morgan fingerprint density at radius 1 is 0.907 bits per heavy atom. The van der Waals surface area contributed by atoms with E-state index in [1.807, 2.05) is 65.2 Å². The first-order valence-electron chi connectivity index (χ1n) is 13.9. The summed E-state index contributed by atoms with van der Waals surface area (Å²) in [6.45, 7) is 12.3. The second-order valence-electron chi connectivity index (χ2n) is 12.1. The number of aromatic hydroxyl groups is 1. The van der Waals surface area contributed by atoms with Gasteiger partial charge in [0, 0.05) is 22.4 Å². The third kappa shape index (κ3) is 7.56. The molecule has 0 fully saturated rings. The van der Waals surface area contributed by atoms with Gasteiger partial charge in [-0.25, -0.2) is 5.43 Å². The fourth-order valence-electron chi connectivity index (χ4n) is 4.47. The summed E-state index contributed by atoms with van der Waals surface area (Å²) < 4.78 is 12.5. The van der Waals surface area contributed by atoms with Gasteiger partial charge in [-0.05, 0) is 77.1 Å². The smallest absolute Gasteiger partial charge is 0.250 e. The van der Waals surface area contributed by atoms with Crippen LogP contribution in [-0.4, -0.2) is 52.0 Å². The number of phenols is 1. The number of benzene rings is 3. The van der Waals surface area contributed by atoms with E-state index in [-0.39, 0.29) is 22.5 Å². The molecule has 0 bridgehead atoms. The van der Waals surface area contributed by atoms with Crippen molar-refractivity contribution in [3.8, 4) is 34.3 Å². The monoisotopic (exact) mass is 601 g/mol. The van der Waals surface area contributed by atoms with E-state index in [4.69, 9.17) is 9.47 Å². The maximum atomic E-state index is 12.8. The van der Waals surface area contributed by atoms with Crippen molar-refractivity contribution in [2.45, 2.75) is 57.5 Å². The average molecular weight is 602 g/mol. The highest BCUT2D eigenvalue weighted by molar-refractivity contribution is 7.99. The predicted octanol–water partition coefficient (Wildman–Crippen LogP) is 6.49. The molecule has 0 spiro atoms. The maximum absolute atomic E-state index is 12.8. The van der Waals surface area contributed by atoms with Crippen molar-refractivity contribution < 1.29 is 19.4 Å². The molecule has 0 aliphatic rings. The van der Waals surface area contributed by atoms with Crippen molar-refractivity contribution >= 4 is 23.9 Å². The highest BCUT2D eigenvalue weighted by Crippen LogP contribution is 2.39. The summed E-state index contributed by atoms with van der Waals surface area (Å²) >= 11 is 1.26. The summed E-state index contributed by atoms with van der Waals surface area (Å²) in [4.78, 5) is 12.8. The summed E-state index contributed by atoms with van der Waals surface area (Å²) in [6.07, 6.45) is 1.61. The van der Waals surface area contributed by atoms with E-state index in [2.05, 4.69) is 62.3 Å². The van der Waals surface area contributed by atoms with Crippen LogP contribution < -0.4 is 14.9 Å². The number of hydrogen-bond donors (Lipinski definition) is 2. The minimum Gasteiger partial charge on any atom is -0.507 e. The number of ether oxygens (including phenoxy) is 2. The maximum Gasteiger partial charge on any atom is 0.250 e. The fraction of sp³-hybridized carbons (Fsp3) is 0.333. The van der Waals surface area contributed by atoms with Gasteiger partial charge in [-0.15, -0.1) is 10.2 Å². The van der Waals surface area contributed by atoms with Gasteiger partial charge in [0.2, 0.25) is 0 Å². The lowest BCUT2D eigenvalue weighted by Gasteiger charge is -2.27. The minimum absolute atomic E-state index is 0.0737. The highest BCUT2D eigenvalue weighted by atomic mass is 32.2. The topological polar surface area (TPSA) is 111 Å². The number of hydrogen-bond acceptors (Lipinski definition) is 8. The van der Waals surface area contributed by atoms with Crippen LogP contribution in [0, 0.1) is 0 Å². The number of amides is 1. The van der Waals surface area contributed by atoms with Crippen LogP contribution in [0.15, 0.2) is 70.9 Å². The van der Waals surface area contributed by atoms with Crippen LogP contribution in [0.25, 0.3) is 17.1 Å². The van der Waals surface area contributed by atoms with E-state index >= 15 is 0 Å². The molecule has 4 rings (SSSR count). The van der Waals surface area contributed by atoms with E-state index in [0.29, 0.717) is 16.7 Å². The number of carbonyl (C=O) groups is 1. The molecule has 0 radical (unpaired) electrons. The predicted molar refractivity (Wildman–Crippen MR) is 172 cm³/mol. The largest absolute Gasteiger partial charge is 0.507 e. The summed E-state index contributed by atoms with van der Waals surface area (Å²) in [5, 5.41) is 24.6. The zero-order valence-corrected chi connectivity index (χ0v) is 26.7. The zero-order chi connectivity index (χ0) is 31.4. The van der Waals surface area contributed by atoms with Gasteiger partial charge in [0.05, 0.1) is 26.2 Å². The summed E-state index contributed by atoms with van der Waals surface area (Å²) in [5.41, 5.74) is 6.21. The van der Waals surface area contributed by atoms with Gasteiger partial charge >= 0.3 is 0 Å². The number of thioether (sulfide) groups is 1. The van der Waals surface area contributed by atoms with Gasteiger partial charge in [-0.1, -0.05) is 53.3 Å². The second-order valence-corrected chi connectivity index (χ2v) is 13.1. The molecule has 0 atom stereocenters. The third-order valence-electron chi connectivity index (χ3n) is 6.80. The van der Waals surface area contributed by atoms with Crippen molar-refractivity contribution in [3.63, 3.8) is 0 Å². The highest BCUT2D eigenvalue weighted by Gasteiger charge is 2.26. The molecule has 0 unspecified atom stereocenters. The summed E-state index contributed by atoms with van der Waals surface area (Å²) in [5.74, 6) is 2.18. The molecular weight excluding hydrogens is 562 g/mol. The molecular formula is C33H39N5O4S. The third-order valence-corrected chi connectivity index (χ3v) is 7.72. The fourth-order valence-corrected chi connectivity index (χ4v) is 5.21. The number of nitrogens with zero attached hydrogens (tertiary/aromatic N) is 4. The number of methoxy groups -OCH3 is 2. The molecule has 0 saturated heterocycles. The quantitative estimate of drug-likeness (QED) is 0.128. The number of phenolic OH excluding ortho intramolecular Hbond substituents is 1. The molecule has 1 heterocycles. The molecule has 0 saturated carbocycles. The van der Waals surface area contributed by atoms with Crippen molar-refractivity contribution in [2.24, 2.45) is 5.10 Å². The number of carbonyl (C=O) groups excluding carboxylic acids is 1. The van der Waals surface area contributed by atoms with E-state index in [0.717, 1.165) is 39.4 Å². The number of nitrogens with one attached hydrogen (secondary N) is 1. The van der Waals surface area contributed by atoms with Gasteiger partial charge in [-0.3, -0.25) is 9.36 Å². The molecule has 2 N–H and O–H groups in total. The van der Waals surface area contributed by atoms with Crippen LogP contribution in [-0.2, 0) is 15.6 Å². The molecule has 10 heteroatoms. The van der Waals surface area contributed by atoms with E-state index in [1.54, 1.807) is 20.4 Å². The normalized spacial score (nSPS) is 12.0. The van der Waals surface area contributed by atoms with Crippen molar-refractivity contribution in [2.75, 3.05) is 20.0 Å². The minimum atomic E-state index is -0.289. The number of rotatable bonds is 9. The Balaban J connectivity index is 1.54. The summed E-state index contributed by atoms with van der Waals surface area (Å²) in [7, 11) is 3.24. The first kappa shape index (κ1) is 31.6. The Hall–Kier alpha value is -4.31. The van der Waals surface area contributed by atoms with Crippen molar-refractivity contribution in [1.82, 2.24) is 20.2 Å². The lowest BCUT2D eigenvalue weighted by molar-refractivity contribution is -0.118. The standard InChI is InChI=1S/C33H39N5O4S/c1-32(2,3)26-17-21(18-27(29(26)40)33(4,5)6)19-34-35-28(39)20-43-31-37-36-30(22-9-13-24(41-7)14-10-22)38(31)23-11-15-25(42-8)16-12-23/h9-19,40H,20H2,1-8H3,(H,35,39). The molecule has 1 amide bonds. The van der Waals surface area contributed by atoms with Gasteiger partial charge in [-0.2, -0.15) is 5.10 Å². The van der Waals surface area contributed by atoms with Crippen molar-refractivity contribution in [3.05, 3.63) is 77.4 Å². The van der Waals surface area contributed by atoms with Gasteiger partial charge < -0.3 is 14.6 Å². The Morgan fingerprint density at radius 3 is 1.95 bits per heavy atom.